The largest absolute Gasteiger partial charge is 0.497 e. The molecular weight excluding hydrogens is 270 g/mol. The van der Waals surface area contributed by atoms with Crippen molar-refractivity contribution in [3.05, 3.63) is 29.8 Å². The van der Waals surface area contributed by atoms with Crippen LogP contribution in [0.15, 0.2) is 24.3 Å². The SMILES string of the molecule is CCNC(=O)N1CCN(C(=O)c2cccc(OC)c2)CC1. The maximum Gasteiger partial charge on any atom is 0.317 e. The van der Waals surface area contributed by atoms with Gasteiger partial charge in [0, 0.05) is 38.3 Å². The molecule has 0 saturated carbocycles. The molecule has 6 nitrogen and oxygen atoms in total. The summed E-state index contributed by atoms with van der Waals surface area (Å²) in [7, 11) is 1.58. The third-order valence-electron chi connectivity index (χ3n) is 3.50. The minimum absolute atomic E-state index is 0.0237. The van der Waals surface area contributed by atoms with Crippen LogP contribution in [0.25, 0.3) is 0 Å². The van der Waals surface area contributed by atoms with Gasteiger partial charge < -0.3 is 19.9 Å². The zero-order valence-electron chi connectivity index (χ0n) is 12.5. The summed E-state index contributed by atoms with van der Waals surface area (Å²) in [6.45, 7) is 4.71. The molecule has 1 saturated heterocycles. The van der Waals surface area contributed by atoms with Gasteiger partial charge in [-0.25, -0.2) is 4.79 Å². The number of piperazine rings is 1. The molecule has 1 heterocycles. The average Bonchev–Trinajstić information content (AvgIpc) is 2.54. The lowest BCUT2D eigenvalue weighted by Gasteiger charge is -2.34. The van der Waals surface area contributed by atoms with Crippen molar-refractivity contribution in [3.8, 4) is 5.75 Å². The van der Waals surface area contributed by atoms with Gasteiger partial charge in [-0.1, -0.05) is 6.07 Å². The fourth-order valence-corrected chi connectivity index (χ4v) is 2.31. The van der Waals surface area contributed by atoms with E-state index in [9.17, 15) is 9.59 Å². The molecule has 0 bridgehead atoms. The summed E-state index contributed by atoms with van der Waals surface area (Å²) in [6, 6.07) is 7.06. The van der Waals surface area contributed by atoms with Crippen LogP contribution in [0, 0.1) is 0 Å². The van der Waals surface area contributed by atoms with Crippen LogP contribution in [0.5, 0.6) is 5.75 Å². The number of methoxy groups -OCH3 is 1. The number of urea groups is 1. The van der Waals surface area contributed by atoms with E-state index in [2.05, 4.69) is 5.32 Å². The van der Waals surface area contributed by atoms with E-state index in [0.717, 1.165) is 0 Å². The van der Waals surface area contributed by atoms with Crippen molar-refractivity contribution < 1.29 is 14.3 Å². The minimum Gasteiger partial charge on any atom is -0.497 e. The van der Waals surface area contributed by atoms with Gasteiger partial charge in [-0.3, -0.25) is 4.79 Å². The average molecular weight is 291 g/mol. The Kier molecular flexibility index (Phi) is 5.03. The van der Waals surface area contributed by atoms with Crippen LogP contribution in [-0.4, -0.2) is 61.6 Å². The fourth-order valence-electron chi connectivity index (χ4n) is 2.31. The van der Waals surface area contributed by atoms with E-state index >= 15 is 0 Å². The summed E-state index contributed by atoms with van der Waals surface area (Å²) in [6.07, 6.45) is 0. The van der Waals surface area contributed by atoms with E-state index < -0.39 is 0 Å². The van der Waals surface area contributed by atoms with Gasteiger partial charge in [0.1, 0.15) is 5.75 Å². The molecule has 1 aromatic rings. The van der Waals surface area contributed by atoms with Crippen molar-refractivity contribution in [1.82, 2.24) is 15.1 Å². The molecule has 1 fully saturated rings. The first-order chi connectivity index (χ1) is 10.2. The summed E-state index contributed by atoms with van der Waals surface area (Å²) < 4.78 is 5.14. The summed E-state index contributed by atoms with van der Waals surface area (Å²) in [5, 5.41) is 2.77. The molecule has 1 aromatic carbocycles. The van der Waals surface area contributed by atoms with Crippen molar-refractivity contribution in [2.45, 2.75) is 6.92 Å². The predicted molar refractivity (Wildman–Crippen MR) is 79.5 cm³/mol. The lowest BCUT2D eigenvalue weighted by molar-refractivity contribution is 0.0665. The van der Waals surface area contributed by atoms with Crippen molar-refractivity contribution in [1.29, 1.82) is 0 Å². The first-order valence-electron chi connectivity index (χ1n) is 7.11. The Morgan fingerprint density at radius 2 is 1.86 bits per heavy atom. The quantitative estimate of drug-likeness (QED) is 0.909. The van der Waals surface area contributed by atoms with Crippen LogP contribution in [0.2, 0.25) is 0 Å². The first-order valence-corrected chi connectivity index (χ1v) is 7.11. The zero-order chi connectivity index (χ0) is 15.2. The Labute approximate surface area is 124 Å². The highest BCUT2D eigenvalue weighted by Crippen LogP contribution is 2.15. The lowest BCUT2D eigenvalue weighted by Crippen LogP contribution is -2.53. The van der Waals surface area contributed by atoms with Gasteiger partial charge in [-0.15, -0.1) is 0 Å². The highest BCUT2D eigenvalue weighted by Gasteiger charge is 2.24. The van der Waals surface area contributed by atoms with E-state index in [-0.39, 0.29) is 11.9 Å². The third kappa shape index (κ3) is 3.65. The molecule has 0 aliphatic carbocycles. The molecule has 1 N–H and O–H groups in total. The molecule has 0 unspecified atom stereocenters. The standard InChI is InChI=1S/C15H21N3O3/c1-3-16-15(20)18-9-7-17(8-10-18)14(19)12-5-4-6-13(11-12)21-2/h4-6,11H,3,7-10H2,1-2H3,(H,16,20). The van der Waals surface area contributed by atoms with Crippen molar-refractivity contribution in [2.24, 2.45) is 0 Å². The molecule has 0 spiro atoms. The van der Waals surface area contributed by atoms with Gasteiger partial charge in [0.25, 0.3) is 5.91 Å². The smallest absolute Gasteiger partial charge is 0.317 e. The zero-order valence-corrected chi connectivity index (χ0v) is 12.5. The fraction of sp³-hybridized carbons (Fsp3) is 0.467. The van der Waals surface area contributed by atoms with E-state index in [1.807, 2.05) is 13.0 Å². The number of carbonyl (C=O) groups excluding carboxylic acids is 2. The number of benzene rings is 1. The molecule has 1 aliphatic rings. The second kappa shape index (κ2) is 6.97. The summed E-state index contributed by atoms with van der Waals surface area (Å²) in [5.74, 6) is 0.645. The molecule has 0 atom stereocenters. The van der Waals surface area contributed by atoms with Crippen LogP contribution in [-0.2, 0) is 0 Å². The molecule has 1 aliphatic heterocycles. The number of rotatable bonds is 3. The number of nitrogens with zero attached hydrogens (tertiary/aromatic N) is 2. The monoisotopic (exact) mass is 291 g/mol. The summed E-state index contributed by atoms with van der Waals surface area (Å²) in [4.78, 5) is 27.6. The number of hydrogen-bond acceptors (Lipinski definition) is 3. The molecule has 6 heteroatoms. The van der Waals surface area contributed by atoms with E-state index in [0.29, 0.717) is 44.0 Å². The normalized spacial score (nSPS) is 14.8. The highest BCUT2D eigenvalue weighted by atomic mass is 16.5. The molecule has 21 heavy (non-hydrogen) atoms. The number of ether oxygens (including phenoxy) is 1. The van der Waals surface area contributed by atoms with E-state index in [4.69, 9.17) is 4.74 Å². The molecule has 0 radical (unpaired) electrons. The Bertz CT molecular complexity index is 511. The number of nitrogens with one attached hydrogen (secondary N) is 1. The van der Waals surface area contributed by atoms with Gasteiger partial charge >= 0.3 is 6.03 Å². The number of amides is 3. The maximum absolute atomic E-state index is 12.4. The Morgan fingerprint density at radius 3 is 2.48 bits per heavy atom. The van der Waals surface area contributed by atoms with Crippen molar-refractivity contribution in [2.75, 3.05) is 39.8 Å². The van der Waals surface area contributed by atoms with Crippen LogP contribution >= 0.6 is 0 Å². The number of carbonyl (C=O) groups is 2. The third-order valence-corrected chi connectivity index (χ3v) is 3.50. The summed E-state index contributed by atoms with van der Waals surface area (Å²) >= 11 is 0. The van der Waals surface area contributed by atoms with Gasteiger partial charge in [-0.2, -0.15) is 0 Å². The Balaban J connectivity index is 1.95. The van der Waals surface area contributed by atoms with Gasteiger partial charge in [0.05, 0.1) is 7.11 Å². The lowest BCUT2D eigenvalue weighted by atomic mass is 10.1. The molecular formula is C15H21N3O3. The molecule has 2 rings (SSSR count). The van der Waals surface area contributed by atoms with Gasteiger partial charge in [-0.05, 0) is 25.1 Å². The van der Waals surface area contributed by atoms with Crippen LogP contribution in [0.1, 0.15) is 17.3 Å². The second-order valence-electron chi connectivity index (χ2n) is 4.85. The van der Waals surface area contributed by atoms with Crippen LogP contribution in [0.3, 0.4) is 0 Å². The maximum atomic E-state index is 12.4. The minimum atomic E-state index is -0.0639. The topological polar surface area (TPSA) is 61.9 Å². The van der Waals surface area contributed by atoms with Gasteiger partial charge in [0.15, 0.2) is 0 Å². The highest BCUT2D eigenvalue weighted by molar-refractivity contribution is 5.94. The number of hydrogen-bond donors (Lipinski definition) is 1. The Morgan fingerprint density at radius 1 is 1.19 bits per heavy atom. The molecule has 114 valence electrons. The first kappa shape index (κ1) is 15.2. The van der Waals surface area contributed by atoms with Crippen molar-refractivity contribution >= 4 is 11.9 Å². The predicted octanol–water partition coefficient (Wildman–Crippen LogP) is 1.18. The van der Waals surface area contributed by atoms with E-state index in [1.165, 1.54) is 0 Å². The summed E-state index contributed by atoms with van der Waals surface area (Å²) in [5.41, 5.74) is 0.612. The van der Waals surface area contributed by atoms with Gasteiger partial charge in [0.2, 0.25) is 0 Å². The van der Waals surface area contributed by atoms with Crippen LogP contribution in [0.4, 0.5) is 4.79 Å². The second-order valence-corrected chi connectivity index (χ2v) is 4.85. The molecule has 3 amide bonds. The van der Waals surface area contributed by atoms with E-state index in [1.54, 1.807) is 35.1 Å². The van der Waals surface area contributed by atoms with Crippen molar-refractivity contribution in [3.63, 3.8) is 0 Å². The Hall–Kier alpha value is -2.24. The van der Waals surface area contributed by atoms with Crippen LogP contribution < -0.4 is 10.1 Å². The molecule has 0 aromatic heterocycles.